The van der Waals surface area contributed by atoms with E-state index in [9.17, 15) is 0 Å². The van der Waals surface area contributed by atoms with Crippen LogP contribution in [0, 0.1) is 0 Å². The second-order valence-corrected chi connectivity index (χ2v) is 13.7. The number of hydrogen-bond donors (Lipinski definition) is 0. The van der Waals surface area contributed by atoms with Crippen molar-refractivity contribution in [2.75, 3.05) is 4.90 Å². The molecule has 0 fully saturated rings. The topological polar surface area (TPSA) is 16.4 Å². The van der Waals surface area contributed by atoms with Crippen LogP contribution in [0.5, 0.6) is 0 Å². The standard InChI is InChI=1S/C52H35NO/c1-3-13-36(14-4-1)38-25-27-40(28-26-38)42-19-11-20-44(35-42)53(43-31-29-39(30-32-43)37-15-5-2-6-16-37)49-34-33-47(46-23-12-18-41-17-7-8-21-45(41)46)52-51(49)48-22-9-10-24-50(48)54-52/h1-35H. The lowest BCUT2D eigenvalue weighted by Gasteiger charge is -2.27. The first-order valence-corrected chi connectivity index (χ1v) is 18.4. The van der Waals surface area contributed by atoms with Crippen LogP contribution in [-0.4, -0.2) is 0 Å². The van der Waals surface area contributed by atoms with Crippen LogP contribution in [0.2, 0.25) is 0 Å². The number of hydrogen-bond acceptors (Lipinski definition) is 2. The van der Waals surface area contributed by atoms with Crippen molar-refractivity contribution < 1.29 is 4.42 Å². The zero-order valence-corrected chi connectivity index (χ0v) is 29.6. The molecule has 2 heteroatoms. The maximum atomic E-state index is 6.84. The summed E-state index contributed by atoms with van der Waals surface area (Å²) >= 11 is 0. The third-order valence-corrected chi connectivity index (χ3v) is 10.5. The quantitative estimate of drug-likeness (QED) is 0.166. The maximum absolute atomic E-state index is 6.84. The van der Waals surface area contributed by atoms with E-state index >= 15 is 0 Å². The van der Waals surface area contributed by atoms with E-state index in [1.165, 1.54) is 38.6 Å². The molecule has 54 heavy (non-hydrogen) atoms. The molecule has 1 aromatic heterocycles. The van der Waals surface area contributed by atoms with Crippen molar-refractivity contribution >= 4 is 49.8 Å². The molecule has 0 amide bonds. The third kappa shape index (κ3) is 5.62. The zero-order chi connectivity index (χ0) is 35.8. The summed E-state index contributed by atoms with van der Waals surface area (Å²) in [6.45, 7) is 0. The van der Waals surface area contributed by atoms with Crippen molar-refractivity contribution in [3.8, 4) is 44.5 Å². The van der Waals surface area contributed by atoms with Crippen LogP contribution in [0.25, 0.3) is 77.2 Å². The molecule has 0 N–H and O–H groups in total. The van der Waals surface area contributed by atoms with Gasteiger partial charge in [-0.1, -0.05) is 170 Å². The Bertz CT molecular complexity index is 2900. The Morgan fingerprint density at radius 2 is 0.870 bits per heavy atom. The Morgan fingerprint density at radius 1 is 0.333 bits per heavy atom. The molecule has 254 valence electrons. The first kappa shape index (κ1) is 31.6. The van der Waals surface area contributed by atoms with Crippen LogP contribution in [0.4, 0.5) is 17.1 Å². The number of rotatable bonds is 7. The highest BCUT2D eigenvalue weighted by Gasteiger charge is 2.23. The number of para-hydroxylation sites is 1. The summed E-state index contributed by atoms with van der Waals surface area (Å²) in [5.74, 6) is 0. The molecule has 0 radical (unpaired) electrons. The van der Waals surface area contributed by atoms with Crippen LogP contribution in [-0.2, 0) is 0 Å². The largest absolute Gasteiger partial charge is 0.455 e. The third-order valence-electron chi connectivity index (χ3n) is 10.5. The fraction of sp³-hybridized carbons (Fsp3) is 0. The minimum atomic E-state index is 0.869. The second kappa shape index (κ2) is 13.4. The van der Waals surface area contributed by atoms with Gasteiger partial charge in [-0.15, -0.1) is 0 Å². The van der Waals surface area contributed by atoms with Gasteiger partial charge in [0.2, 0.25) is 0 Å². The van der Waals surface area contributed by atoms with Gasteiger partial charge in [0.25, 0.3) is 0 Å². The van der Waals surface area contributed by atoms with Crippen LogP contribution >= 0.6 is 0 Å². The highest BCUT2D eigenvalue weighted by molar-refractivity contribution is 6.18. The summed E-state index contributed by atoms with van der Waals surface area (Å²) in [4.78, 5) is 2.38. The fourth-order valence-electron chi connectivity index (χ4n) is 7.84. The molecule has 0 aliphatic rings. The predicted molar refractivity (Wildman–Crippen MR) is 228 cm³/mol. The zero-order valence-electron chi connectivity index (χ0n) is 29.6. The number of benzene rings is 9. The van der Waals surface area contributed by atoms with Gasteiger partial charge in [-0.2, -0.15) is 0 Å². The molecule has 0 unspecified atom stereocenters. The lowest BCUT2D eigenvalue weighted by atomic mass is 9.95. The maximum Gasteiger partial charge on any atom is 0.145 e. The summed E-state index contributed by atoms with van der Waals surface area (Å²) in [5.41, 5.74) is 14.3. The van der Waals surface area contributed by atoms with E-state index in [4.69, 9.17) is 4.42 Å². The molecule has 0 aliphatic carbocycles. The minimum absolute atomic E-state index is 0.869. The Hall–Kier alpha value is -7.16. The van der Waals surface area contributed by atoms with Crippen LogP contribution in [0.3, 0.4) is 0 Å². The average molecular weight is 690 g/mol. The second-order valence-electron chi connectivity index (χ2n) is 13.7. The van der Waals surface area contributed by atoms with Crippen molar-refractivity contribution in [2.24, 2.45) is 0 Å². The number of fused-ring (bicyclic) bond motifs is 4. The highest BCUT2D eigenvalue weighted by atomic mass is 16.3. The Kier molecular flexibility index (Phi) is 7.85. The summed E-state index contributed by atoms with van der Waals surface area (Å²) in [5, 5.41) is 4.58. The molecule has 0 atom stereocenters. The van der Waals surface area contributed by atoms with Crippen molar-refractivity contribution in [1.82, 2.24) is 0 Å². The summed E-state index contributed by atoms with van der Waals surface area (Å²) in [6.07, 6.45) is 0. The Morgan fingerprint density at radius 3 is 1.59 bits per heavy atom. The van der Waals surface area contributed by atoms with Gasteiger partial charge < -0.3 is 9.32 Å². The number of furan rings is 1. The van der Waals surface area contributed by atoms with Crippen molar-refractivity contribution in [2.45, 2.75) is 0 Å². The van der Waals surface area contributed by atoms with Crippen LogP contribution in [0.1, 0.15) is 0 Å². The molecular weight excluding hydrogens is 655 g/mol. The minimum Gasteiger partial charge on any atom is -0.455 e. The molecule has 1 heterocycles. The molecule has 0 saturated heterocycles. The SMILES string of the molecule is c1ccc(-c2ccc(-c3cccc(N(c4ccc(-c5ccccc5)cc4)c4ccc(-c5cccc6ccccc56)c5oc6ccccc6c45)c3)cc2)cc1. The summed E-state index contributed by atoms with van der Waals surface area (Å²) in [7, 11) is 0. The molecule has 0 aliphatic heterocycles. The first-order chi connectivity index (χ1) is 26.8. The molecule has 0 bridgehead atoms. The van der Waals surface area contributed by atoms with Gasteiger partial charge in [0.15, 0.2) is 0 Å². The van der Waals surface area contributed by atoms with E-state index in [2.05, 4.69) is 217 Å². The Balaban J connectivity index is 1.17. The van der Waals surface area contributed by atoms with Gasteiger partial charge in [0.05, 0.1) is 11.1 Å². The summed E-state index contributed by atoms with van der Waals surface area (Å²) in [6, 6.07) is 75.8. The van der Waals surface area contributed by atoms with Gasteiger partial charge in [-0.3, -0.25) is 0 Å². The fourth-order valence-corrected chi connectivity index (χ4v) is 7.84. The normalized spacial score (nSPS) is 11.3. The lowest BCUT2D eigenvalue weighted by molar-refractivity contribution is 0.670. The van der Waals surface area contributed by atoms with E-state index in [1.807, 2.05) is 0 Å². The van der Waals surface area contributed by atoms with E-state index in [-0.39, 0.29) is 0 Å². The molecule has 0 saturated carbocycles. The highest BCUT2D eigenvalue weighted by Crippen LogP contribution is 2.47. The summed E-state index contributed by atoms with van der Waals surface area (Å²) < 4.78 is 6.84. The molecule has 9 aromatic carbocycles. The van der Waals surface area contributed by atoms with Crippen molar-refractivity contribution in [1.29, 1.82) is 0 Å². The number of anilines is 3. The van der Waals surface area contributed by atoms with Gasteiger partial charge >= 0.3 is 0 Å². The molecule has 0 spiro atoms. The predicted octanol–water partition coefficient (Wildman–Crippen LogP) is 14.9. The molecule has 2 nitrogen and oxygen atoms in total. The van der Waals surface area contributed by atoms with Crippen molar-refractivity contribution in [3.63, 3.8) is 0 Å². The van der Waals surface area contributed by atoms with E-state index in [0.29, 0.717) is 0 Å². The van der Waals surface area contributed by atoms with Crippen molar-refractivity contribution in [3.05, 3.63) is 212 Å². The van der Waals surface area contributed by atoms with Crippen LogP contribution in [0.15, 0.2) is 217 Å². The van der Waals surface area contributed by atoms with Gasteiger partial charge in [-0.05, 0) is 92.2 Å². The van der Waals surface area contributed by atoms with Gasteiger partial charge in [-0.25, -0.2) is 0 Å². The van der Waals surface area contributed by atoms with E-state index in [0.717, 1.165) is 55.7 Å². The average Bonchev–Trinajstić information content (AvgIpc) is 3.65. The van der Waals surface area contributed by atoms with E-state index < -0.39 is 0 Å². The monoisotopic (exact) mass is 689 g/mol. The molecule has 10 aromatic rings. The first-order valence-electron chi connectivity index (χ1n) is 18.4. The Labute approximate surface area is 314 Å². The van der Waals surface area contributed by atoms with Crippen LogP contribution < -0.4 is 4.90 Å². The lowest BCUT2D eigenvalue weighted by Crippen LogP contribution is -2.10. The molecular formula is C52H35NO. The van der Waals surface area contributed by atoms with E-state index in [1.54, 1.807) is 0 Å². The smallest absolute Gasteiger partial charge is 0.145 e. The molecule has 10 rings (SSSR count). The van der Waals surface area contributed by atoms with Gasteiger partial charge in [0, 0.05) is 22.3 Å². The van der Waals surface area contributed by atoms with Gasteiger partial charge in [0.1, 0.15) is 11.2 Å². The number of nitrogens with zero attached hydrogens (tertiary/aromatic N) is 1.